The molecule has 27 heavy (non-hydrogen) atoms. The fraction of sp³-hybridized carbons (Fsp3) is 0.333. The Morgan fingerprint density at radius 2 is 2.04 bits per heavy atom. The summed E-state index contributed by atoms with van der Waals surface area (Å²) in [5.41, 5.74) is 7.68. The molecule has 4 rings (SSSR count). The maximum Gasteiger partial charge on any atom is 0.241 e. The molecular weight excluding hydrogens is 422 g/mol. The van der Waals surface area contributed by atoms with E-state index in [2.05, 4.69) is 55.3 Å². The minimum atomic E-state index is -0.0488. The maximum absolute atomic E-state index is 12.3. The number of halogens is 1. The third-order valence-corrected chi connectivity index (χ3v) is 6.86. The quantitative estimate of drug-likeness (QED) is 0.423. The van der Waals surface area contributed by atoms with Gasteiger partial charge < -0.3 is 4.57 Å². The zero-order chi connectivity index (χ0) is 18.8. The van der Waals surface area contributed by atoms with Crippen LogP contribution in [0.15, 0.2) is 45.3 Å². The standard InChI is InChI=1S/C21H22BrN3OS/c1-14(19-10-11-20(22)27-19)23-24-21(26)12-13-25-17-8-4-2-6-15(17)16-7-3-5-9-18(16)25/h2,4,6,8,10-11H,3,5,7,9,12-13H2,1H3,(H,24,26)/b23-14-. The SMILES string of the molecule is C/C(=N/NC(=O)CCn1c2c(c3ccccc31)CCCC2)c1ccc(Br)s1. The Balaban J connectivity index is 1.46. The fourth-order valence-corrected chi connectivity index (χ4v) is 5.15. The fourth-order valence-electron chi connectivity index (χ4n) is 3.82. The second-order valence-corrected chi connectivity index (χ2v) is 9.35. The summed E-state index contributed by atoms with van der Waals surface area (Å²) < 4.78 is 3.40. The van der Waals surface area contributed by atoms with Crippen LogP contribution in [0.2, 0.25) is 0 Å². The van der Waals surface area contributed by atoms with Crippen LogP contribution in [-0.4, -0.2) is 16.2 Å². The van der Waals surface area contributed by atoms with Crippen molar-refractivity contribution in [1.82, 2.24) is 9.99 Å². The molecule has 1 aliphatic carbocycles. The highest BCUT2D eigenvalue weighted by Crippen LogP contribution is 2.32. The number of rotatable bonds is 5. The average Bonchev–Trinajstić information content (AvgIpc) is 3.26. The van der Waals surface area contributed by atoms with Crippen LogP contribution >= 0.6 is 27.3 Å². The van der Waals surface area contributed by atoms with E-state index in [1.807, 2.05) is 19.1 Å². The van der Waals surface area contributed by atoms with Crippen molar-refractivity contribution in [2.24, 2.45) is 5.10 Å². The summed E-state index contributed by atoms with van der Waals surface area (Å²) in [5, 5.41) is 5.61. The number of hydrogen-bond donors (Lipinski definition) is 1. The van der Waals surface area contributed by atoms with E-state index in [0.717, 1.165) is 27.2 Å². The molecule has 1 aliphatic rings. The summed E-state index contributed by atoms with van der Waals surface area (Å²) in [6.07, 6.45) is 5.17. The molecule has 140 valence electrons. The van der Waals surface area contributed by atoms with Gasteiger partial charge in [-0.05, 0) is 72.3 Å². The third-order valence-electron chi connectivity index (χ3n) is 5.13. The molecule has 3 aromatic rings. The predicted molar refractivity (Wildman–Crippen MR) is 116 cm³/mol. The van der Waals surface area contributed by atoms with Gasteiger partial charge in [0.15, 0.2) is 0 Å². The Morgan fingerprint density at radius 3 is 2.85 bits per heavy atom. The van der Waals surface area contributed by atoms with Gasteiger partial charge in [0.2, 0.25) is 5.91 Å². The van der Waals surface area contributed by atoms with Crippen molar-refractivity contribution in [1.29, 1.82) is 0 Å². The molecule has 1 amide bonds. The van der Waals surface area contributed by atoms with Crippen LogP contribution in [0.5, 0.6) is 0 Å². The first-order valence-electron chi connectivity index (χ1n) is 9.31. The van der Waals surface area contributed by atoms with Gasteiger partial charge in [-0.3, -0.25) is 4.79 Å². The first kappa shape index (κ1) is 18.4. The summed E-state index contributed by atoms with van der Waals surface area (Å²) >= 11 is 5.06. The monoisotopic (exact) mass is 443 g/mol. The highest BCUT2D eigenvalue weighted by atomic mass is 79.9. The van der Waals surface area contributed by atoms with Crippen LogP contribution in [-0.2, 0) is 24.2 Å². The Bertz CT molecular complexity index is 1020. The summed E-state index contributed by atoms with van der Waals surface area (Å²) in [6, 6.07) is 12.6. The van der Waals surface area contributed by atoms with Gasteiger partial charge in [-0.2, -0.15) is 5.10 Å². The number of nitrogens with one attached hydrogen (secondary N) is 1. The van der Waals surface area contributed by atoms with Gasteiger partial charge in [0.05, 0.1) is 14.4 Å². The van der Waals surface area contributed by atoms with Crippen LogP contribution in [0, 0.1) is 0 Å². The number of benzene rings is 1. The third kappa shape index (κ3) is 3.87. The van der Waals surface area contributed by atoms with Crippen LogP contribution in [0.4, 0.5) is 0 Å². The van der Waals surface area contributed by atoms with Gasteiger partial charge in [-0.25, -0.2) is 5.43 Å². The Labute approximate surface area is 171 Å². The van der Waals surface area contributed by atoms with Crippen molar-refractivity contribution in [3.63, 3.8) is 0 Å². The molecule has 0 radical (unpaired) electrons. The number of aryl methyl sites for hydroxylation is 2. The van der Waals surface area contributed by atoms with Gasteiger partial charge in [0, 0.05) is 29.6 Å². The summed E-state index contributed by atoms with van der Waals surface area (Å²) in [5.74, 6) is -0.0488. The Kier molecular flexibility index (Phi) is 5.45. The predicted octanol–water partition coefficient (Wildman–Crippen LogP) is 5.27. The molecule has 0 fully saturated rings. The number of hydrazone groups is 1. The number of amides is 1. The number of carbonyl (C=O) groups is 1. The lowest BCUT2D eigenvalue weighted by atomic mass is 9.95. The topological polar surface area (TPSA) is 46.4 Å². The lowest BCUT2D eigenvalue weighted by Crippen LogP contribution is -2.21. The molecule has 0 bridgehead atoms. The lowest BCUT2D eigenvalue weighted by molar-refractivity contribution is -0.121. The molecule has 1 aromatic carbocycles. The van der Waals surface area contributed by atoms with Crippen LogP contribution in [0.3, 0.4) is 0 Å². The largest absolute Gasteiger partial charge is 0.344 e. The molecule has 1 N–H and O–H groups in total. The van der Waals surface area contributed by atoms with Gasteiger partial charge >= 0.3 is 0 Å². The molecule has 0 saturated carbocycles. The van der Waals surface area contributed by atoms with Crippen LogP contribution in [0.1, 0.15) is 42.3 Å². The van der Waals surface area contributed by atoms with E-state index < -0.39 is 0 Å². The molecular formula is C21H22BrN3OS. The van der Waals surface area contributed by atoms with Crippen molar-refractivity contribution >= 4 is 49.8 Å². The van der Waals surface area contributed by atoms with Gasteiger partial charge in [-0.1, -0.05) is 18.2 Å². The van der Waals surface area contributed by atoms with E-state index in [4.69, 9.17) is 0 Å². The van der Waals surface area contributed by atoms with Crippen molar-refractivity contribution in [3.8, 4) is 0 Å². The summed E-state index contributed by atoms with van der Waals surface area (Å²) in [7, 11) is 0. The smallest absolute Gasteiger partial charge is 0.241 e. The van der Waals surface area contributed by atoms with Crippen molar-refractivity contribution in [2.45, 2.75) is 45.6 Å². The molecule has 2 heterocycles. The molecule has 0 aliphatic heterocycles. The molecule has 0 spiro atoms. The van der Waals surface area contributed by atoms with E-state index in [9.17, 15) is 4.79 Å². The Morgan fingerprint density at radius 1 is 1.22 bits per heavy atom. The van der Waals surface area contributed by atoms with Crippen LogP contribution in [0.25, 0.3) is 10.9 Å². The first-order chi connectivity index (χ1) is 13.1. The second kappa shape index (κ2) is 7.98. The number of hydrogen-bond acceptors (Lipinski definition) is 3. The minimum Gasteiger partial charge on any atom is -0.344 e. The molecule has 6 heteroatoms. The van der Waals surface area contributed by atoms with Gasteiger partial charge in [0.1, 0.15) is 0 Å². The zero-order valence-electron chi connectivity index (χ0n) is 15.3. The van der Waals surface area contributed by atoms with Crippen molar-refractivity contribution < 1.29 is 4.79 Å². The van der Waals surface area contributed by atoms with Gasteiger partial charge in [0.25, 0.3) is 0 Å². The number of aromatic nitrogens is 1. The molecule has 2 aromatic heterocycles. The Hall–Kier alpha value is -1.92. The van der Waals surface area contributed by atoms with Gasteiger partial charge in [-0.15, -0.1) is 11.3 Å². The van der Waals surface area contributed by atoms with E-state index in [1.54, 1.807) is 11.3 Å². The van der Waals surface area contributed by atoms with Crippen molar-refractivity contribution in [2.75, 3.05) is 0 Å². The maximum atomic E-state index is 12.3. The molecule has 0 unspecified atom stereocenters. The zero-order valence-corrected chi connectivity index (χ0v) is 17.7. The normalized spacial score (nSPS) is 14.4. The number of nitrogens with zero attached hydrogens (tertiary/aromatic N) is 2. The highest BCUT2D eigenvalue weighted by Gasteiger charge is 2.19. The summed E-state index contributed by atoms with van der Waals surface area (Å²) in [4.78, 5) is 13.4. The minimum absolute atomic E-state index is 0.0488. The van der Waals surface area contributed by atoms with E-state index in [1.165, 1.54) is 35.0 Å². The molecule has 0 saturated heterocycles. The van der Waals surface area contributed by atoms with E-state index in [-0.39, 0.29) is 5.91 Å². The first-order valence-corrected chi connectivity index (χ1v) is 10.9. The average molecular weight is 444 g/mol. The molecule has 4 nitrogen and oxygen atoms in total. The number of fused-ring (bicyclic) bond motifs is 3. The van der Waals surface area contributed by atoms with E-state index in [0.29, 0.717) is 13.0 Å². The molecule has 0 atom stereocenters. The second-order valence-electron chi connectivity index (χ2n) is 6.89. The number of thiophene rings is 1. The number of carbonyl (C=O) groups excluding carboxylic acids is 1. The highest BCUT2D eigenvalue weighted by molar-refractivity contribution is 9.11. The summed E-state index contributed by atoms with van der Waals surface area (Å²) in [6.45, 7) is 2.61. The van der Waals surface area contributed by atoms with Crippen LogP contribution < -0.4 is 5.43 Å². The lowest BCUT2D eigenvalue weighted by Gasteiger charge is -2.15. The van der Waals surface area contributed by atoms with Crippen molar-refractivity contribution in [3.05, 3.63) is 56.3 Å². The van der Waals surface area contributed by atoms with E-state index >= 15 is 0 Å². The number of para-hydroxylation sites is 1.